The maximum atomic E-state index is 13.8. The predicted molar refractivity (Wildman–Crippen MR) is 163 cm³/mol. The topological polar surface area (TPSA) is 307 Å². The number of hydrogen-bond acceptors (Lipinski definition) is 17. The summed E-state index contributed by atoms with van der Waals surface area (Å²) in [5, 5.41) is 44.5. The Morgan fingerprint density at radius 2 is 1.34 bits per heavy atom. The van der Waals surface area contributed by atoms with E-state index in [1.54, 1.807) is 13.8 Å². The molecule has 23 heteroatoms. The molecule has 0 saturated carbocycles. The second kappa shape index (κ2) is 13.0. The van der Waals surface area contributed by atoms with Gasteiger partial charge in [0.2, 0.25) is 0 Å². The van der Waals surface area contributed by atoms with Crippen LogP contribution >= 0.6 is 15.0 Å². The third-order valence-corrected chi connectivity index (χ3v) is 13.7. The Balaban J connectivity index is 1.41. The minimum absolute atomic E-state index is 0.0742. The van der Waals surface area contributed by atoms with Gasteiger partial charge >= 0.3 is 7.75 Å². The quantitative estimate of drug-likeness (QED) is 0.0957. The Morgan fingerprint density at radius 1 is 0.830 bits per heavy atom. The summed E-state index contributed by atoms with van der Waals surface area (Å²) >= 11 is 0. The Bertz CT molecular complexity index is 1850. The van der Waals surface area contributed by atoms with E-state index < -0.39 is 76.4 Å². The van der Waals surface area contributed by atoms with Gasteiger partial charge in [0.1, 0.15) is 49.3 Å². The molecule has 0 amide bonds. The third kappa shape index (κ3) is 5.91. The number of nitrogens with two attached hydrogens (primary N) is 2. The Labute approximate surface area is 266 Å². The van der Waals surface area contributed by atoms with Crippen molar-refractivity contribution in [1.29, 1.82) is 0 Å². The molecule has 2 aliphatic heterocycles. The van der Waals surface area contributed by atoms with Crippen LogP contribution in [0.2, 0.25) is 0 Å². The van der Waals surface area contributed by atoms with Crippen LogP contribution in [0.3, 0.4) is 0 Å². The molecule has 21 nitrogen and oxygen atoms in total. The largest absolute Gasteiger partial charge is 0.454 e. The highest BCUT2D eigenvalue weighted by Gasteiger charge is 2.56. The number of rotatable bonds is 11. The van der Waals surface area contributed by atoms with Gasteiger partial charge in [0.25, 0.3) is 0 Å². The Kier molecular flexibility index (Phi) is 9.33. The van der Waals surface area contributed by atoms with Crippen LogP contribution in [0, 0.1) is 0 Å². The zero-order valence-electron chi connectivity index (χ0n) is 25.1. The summed E-state index contributed by atoms with van der Waals surface area (Å²) in [5.41, 5.74) is 11.3. The average Bonchev–Trinajstić information content (AvgIpc) is 3.79. The molecule has 2 aliphatic rings. The second-order valence-corrected chi connectivity index (χ2v) is 15.5. The zero-order chi connectivity index (χ0) is 33.7. The molecule has 6 rings (SSSR count). The van der Waals surface area contributed by atoms with Crippen molar-refractivity contribution >= 4 is 49.0 Å². The van der Waals surface area contributed by atoms with Crippen molar-refractivity contribution in [3.8, 4) is 0 Å². The van der Waals surface area contributed by atoms with Crippen LogP contribution in [0.5, 0.6) is 0 Å². The van der Waals surface area contributed by atoms with Gasteiger partial charge in [0.05, 0.1) is 50.3 Å². The highest BCUT2D eigenvalue weighted by atomic mass is 31.2. The van der Waals surface area contributed by atoms with Gasteiger partial charge in [-0.1, -0.05) is 0 Å². The van der Waals surface area contributed by atoms with Crippen molar-refractivity contribution in [3.63, 3.8) is 0 Å². The van der Waals surface area contributed by atoms with Crippen LogP contribution in [0.1, 0.15) is 26.3 Å². The normalized spacial score (nSPS) is 29.5. The minimum atomic E-state index is -4.40. The van der Waals surface area contributed by atoms with E-state index >= 15 is 0 Å². The molecule has 1 unspecified atom stereocenters. The smallest absolute Gasteiger partial charge is 0.394 e. The molecule has 2 saturated heterocycles. The lowest BCUT2D eigenvalue weighted by Gasteiger charge is -2.33. The second-order valence-electron chi connectivity index (χ2n) is 10.8. The van der Waals surface area contributed by atoms with E-state index in [1.807, 2.05) is 0 Å². The molecule has 0 aliphatic carbocycles. The zero-order valence-corrected chi connectivity index (χ0v) is 26.9. The first kappa shape index (κ1) is 33.7. The molecule has 6 heterocycles. The molecule has 0 radical (unpaired) electrons. The molecule has 47 heavy (non-hydrogen) atoms. The fraction of sp³-hybridized carbons (Fsp3) is 0.583. The summed E-state index contributed by atoms with van der Waals surface area (Å²) in [6, 6.07) is 0. The van der Waals surface area contributed by atoms with Crippen LogP contribution in [0.4, 0.5) is 11.6 Å². The number of aromatic nitrogens is 8. The van der Waals surface area contributed by atoms with Gasteiger partial charge < -0.3 is 46.3 Å². The van der Waals surface area contributed by atoms with E-state index in [-0.39, 0.29) is 47.2 Å². The number of ether oxygens (including phenoxy) is 2. The maximum absolute atomic E-state index is 13.8. The van der Waals surface area contributed by atoms with Crippen molar-refractivity contribution in [1.82, 2.24) is 39.0 Å². The summed E-state index contributed by atoms with van der Waals surface area (Å²) in [7, 11) is -8.69. The van der Waals surface area contributed by atoms with Crippen LogP contribution in [0.15, 0.2) is 29.8 Å². The van der Waals surface area contributed by atoms with Crippen LogP contribution in [-0.2, 0) is 23.1 Å². The van der Waals surface area contributed by atoms with Crippen molar-refractivity contribution in [3.05, 3.63) is 25.3 Å². The summed E-state index contributed by atoms with van der Waals surface area (Å²) in [5.74, 6) is 0.157. The summed E-state index contributed by atoms with van der Waals surface area (Å²) in [6.07, 6.45) is -5.61. The molecule has 256 valence electrons. The number of aliphatic hydroxyl groups excluding tert-OH is 4. The predicted octanol–water partition coefficient (Wildman–Crippen LogP) is -0.641. The number of anilines is 2. The van der Waals surface area contributed by atoms with Crippen molar-refractivity contribution in [2.45, 2.75) is 62.5 Å². The number of nitrogens with zero attached hydrogens (tertiary/aromatic N) is 9. The first-order valence-corrected chi connectivity index (χ1v) is 18.0. The van der Waals surface area contributed by atoms with Gasteiger partial charge in [-0.2, -0.15) is 4.52 Å². The van der Waals surface area contributed by atoms with Gasteiger partial charge in [-0.3, -0.25) is 18.2 Å². The van der Waals surface area contributed by atoms with E-state index in [2.05, 4.69) is 34.4 Å². The Hall–Kier alpha value is -3.20. The molecule has 9 atom stereocenters. The summed E-state index contributed by atoms with van der Waals surface area (Å²) in [6.45, 7) is 2.16. The van der Waals surface area contributed by atoms with E-state index in [0.717, 1.165) is 0 Å². The van der Waals surface area contributed by atoms with Crippen LogP contribution in [-0.4, -0.2) is 127 Å². The van der Waals surface area contributed by atoms with Gasteiger partial charge in [0.15, 0.2) is 35.4 Å². The van der Waals surface area contributed by atoms with Crippen LogP contribution in [0.25, 0.3) is 22.3 Å². The first-order chi connectivity index (χ1) is 22.4. The van der Waals surface area contributed by atoms with Crippen molar-refractivity contribution < 1.29 is 48.4 Å². The van der Waals surface area contributed by atoms with E-state index in [9.17, 15) is 29.9 Å². The maximum Gasteiger partial charge on any atom is 0.454 e. The number of hydrogen-bond donors (Lipinski definition) is 7. The highest BCUT2D eigenvalue weighted by molar-refractivity contribution is 7.69. The molecular formula is C24H35N11O10P2. The summed E-state index contributed by atoms with van der Waals surface area (Å²) < 4.78 is 43.6. The fourth-order valence-corrected chi connectivity index (χ4v) is 11.8. The number of aliphatic hydroxyl groups is 4. The monoisotopic (exact) mass is 699 g/mol. The lowest BCUT2D eigenvalue weighted by Crippen LogP contribution is -2.38. The molecule has 2 fully saturated rings. The minimum Gasteiger partial charge on any atom is -0.394 e. The SMILES string of the molecule is CCOP(=O)(N=P(O)(C[C@H]1O[C@@H](n2cnc3c(N)ncnc32)[C@H](O)[C@@H]1O)[C@H]1[C@@H](O)[C@H](n2cnc3c(N)ncnc32)O[C@@H]1CO)OCC. The third-order valence-electron chi connectivity index (χ3n) is 7.95. The molecule has 0 spiro atoms. The van der Waals surface area contributed by atoms with Gasteiger partial charge in [-0.25, -0.2) is 34.5 Å². The Morgan fingerprint density at radius 3 is 1.85 bits per heavy atom. The first-order valence-electron chi connectivity index (χ1n) is 14.5. The van der Waals surface area contributed by atoms with E-state index in [4.69, 9.17) is 30.0 Å². The van der Waals surface area contributed by atoms with Crippen molar-refractivity contribution in [2.75, 3.05) is 37.4 Å². The van der Waals surface area contributed by atoms with Gasteiger partial charge in [-0.15, -0.1) is 0 Å². The average molecular weight is 700 g/mol. The number of nitrogen functional groups attached to an aromatic ring is 2. The number of imidazole rings is 2. The van der Waals surface area contributed by atoms with Gasteiger partial charge in [0, 0.05) is 6.16 Å². The molecule has 0 bridgehead atoms. The lowest BCUT2D eigenvalue weighted by atomic mass is 10.1. The standard InChI is InChI=1S/C24H35N11O10P2/c1-3-42-47(41,43-4-2)33-46(40,6-12-15(37)16(38)23(45-12)34-9-31-13-19(25)27-7-29-21(13)34)18-11(5-36)44-24(17(18)39)35-10-32-14-20(26)28-8-30-22(14)35/h7-12,15-18,23-24,36-40H,3-6H2,1-2H3,(H2,25,27,29)(H2,26,28,30)/t11-,12-,15-,16-,17-,18-,23-,24-,46?/m1/s1. The lowest BCUT2D eigenvalue weighted by molar-refractivity contribution is -0.0486. The van der Waals surface area contributed by atoms with E-state index in [0.29, 0.717) is 0 Å². The van der Waals surface area contributed by atoms with Gasteiger partial charge in [-0.05, 0) is 13.8 Å². The van der Waals surface area contributed by atoms with E-state index in [1.165, 1.54) is 34.4 Å². The fourth-order valence-electron chi connectivity index (χ4n) is 5.93. The van der Waals surface area contributed by atoms with Crippen molar-refractivity contribution in [2.24, 2.45) is 4.52 Å². The molecule has 0 aromatic carbocycles. The highest BCUT2D eigenvalue weighted by Crippen LogP contribution is 2.67. The molecule has 4 aromatic heterocycles. The summed E-state index contributed by atoms with van der Waals surface area (Å²) in [4.78, 5) is 37.0. The van der Waals surface area contributed by atoms with Crippen LogP contribution < -0.4 is 11.5 Å². The molecule has 4 aromatic rings. The number of fused-ring (bicyclic) bond motifs is 2. The molecule has 9 N–H and O–H groups in total. The molecular weight excluding hydrogens is 664 g/mol.